The molecular weight excluding hydrogens is 146 g/mol. The summed E-state index contributed by atoms with van der Waals surface area (Å²) in [5.41, 5.74) is 0. The molecule has 1 aliphatic heterocycles. The van der Waals surface area contributed by atoms with Gasteiger partial charge >= 0.3 is 5.97 Å². The summed E-state index contributed by atoms with van der Waals surface area (Å²) in [5, 5.41) is 11.7. The molecule has 0 saturated carbocycles. The van der Waals surface area contributed by atoms with E-state index in [4.69, 9.17) is 5.11 Å². The first kappa shape index (κ1) is 8.49. The van der Waals surface area contributed by atoms with Gasteiger partial charge in [0.1, 0.15) is 6.04 Å². The lowest BCUT2D eigenvalue weighted by Gasteiger charge is -2.05. The number of aliphatic hydroxyl groups excluding tert-OH is 1. The highest BCUT2D eigenvalue weighted by atomic mass is 16.5. The van der Waals surface area contributed by atoms with Crippen LogP contribution in [0.5, 0.6) is 0 Å². The van der Waals surface area contributed by atoms with Crippen molar-refractivity contribution < 1.29 is 14.6 Å². The van der Waals surface area contributed by atoms with Crippen molar-refractivity contribution >= 4 is 5.97 Å². The van der Waals surface area contributed by atoms with E-state index in [0.717, 1.165) is 0 Å². The Balaban J connectivity index is 2.35. The number of carbonyl (C=O) groups is 1. The third-order valence-corrected chi connectivity index (χ3v) is 1.97. The van der Waals surface area contributed by atoms with Crippen molar-refractivity contribution in [1.82, 2.24) is 5.32 Å². The number of methoxy groups -OCH3 is 1. The van der Waals surface area contributed by atoms with Gasteiger partial charge in [0.2, 0.25) is 0 Å². The van der Waals surface area contributed by atoms with Gasteiger partial charge in [-0.2, -0.15) is 0 Å². The Morgan fingerprint density at radius 1 is 1.82 bits per heavy atom. The topological polar surface area (TPSA) is 58.6 Å². The first-order valence-electron chi connectivity index (χ1n) is 3.70. The van der Waals surface area contributed by atoms with Crippen molar-refractivity contribution in [2.24, 2.45) is 5.92 Å². The molecule has 4 nitrogen and oxygen atoms in total. The maximum Gasteiger partial charge on any atom is 0.322 e. The standard InChI is InChI=1S/C7H13NO3/c1-11-7(10)6-2-5(4-9)3-8-6/h5-6,8-9H,2-4H2,1H3/t5-,6-/m0/s1. The molecule has 1 saturated heterocycles. The third-order valence-electron chi connectivity index (χ3n) is 1.97. The highest BCUT2D eigenvalue weighted by Crippen LogP contribution is 2.13. The molecule has 1 rings (SSSR count). The van der Waals surface area contributed by atoms with E-state index in [9.17, 15) is 4.79 Å². The van der Waals surface area contributed by atoms with E-state index in [2.05, 4.69) is 10.1 Å². The van der Waals surface area contributed by atoms with Gasteiger partial charge in [0.25, 0.3) is 0 Å². The lowest BCUT2D eigenvalue weighted by atomic mass is 10.1. The molecule has 0 unspecified atom stereocenters. The minimum atomic E-state index is -0.235. The molecular formula is C7H13NO3. The van der Waals surface area contributed by atoms with E-state index < -0.39 is 0 Å². The van der Waals surface area contributed by atoms with Gasteiger partial charge in [-0.15, -0.1) is 0 Å². The van der Waals surface area contributed by atoms with Crippen LogP contribution in [0.2, 0.25) is 0 Å². The molecule has 0 spiro atoms. The Hall–Kier alpha value is -0.610. The molecule has 2 atom stereocenters. The molecule has 0 radical (unpaired) electrons. The zero-order chi connectivity index (χ0) is 8.27. The highest BCUT2D eigenvalue weighted by molar-refractivity contribution is 5.75. The van der Waals surface area contributed by atoms with Gasteiger partial charge in [-0.3, -0.25) is 4.79 Å². The number of ether oxygens (including phenoxy) is 1. The molecule has 64 valence electrons. The average Bonchev–Trinajstić information content (AvgIpc) is 2.50. The van der Waals surface area contributed by atoms with Crippen LogP contribution in [0.1, 0.15) is 6.42 Å². The number of aliphatic hydroxyl groups is 1. The van der Waals surface area contributed by atoms with Gasteiger partial charge in [-0.25, -0.2) is 0 Å². The molecule has 11 heavy (non-hydrogen) atoms. The second-order valence-corrected chi connectivity index (χ2v) is 2.77. The smallest absolute Gasteiger partial charge is 0.322 e. The zero-order valence-corrected chi connectivity index (χ0v) is 6.54. The molecule has 1 fully saturated rings. The Bertz CT molecular complexity index is 149. The van der Waals surface area contributed by atoms with Crippen LogP contribution in [0, 0.1) is 5.92 Å². The van der Waals surface area contributed by atoms with E-state index in [1.54, 1.807) is 0 Å². The van der Waals surface area contributed by atoms with Gasteiger partial charge in [0.15, 0.2) is 0 Å². The van der Waals surface area contributed by atoms with Crippen LogP contribution in [0.15, 0.2) is 0 Å². The summed E-state index contributed by atoms with van der Waals surface area (Å²) in [6, 6.07) is -0.211. The number of carbonyl (C=O) groups excluding carboxylic acids is 1. The Kier molecular flexibility index (Phi) is 2.84. The summed E-state index contributed by atoms with van der Waals surface area (Å²) in [4.78, 5) is 10.9. The summed E-state index contributed by atoms with van der Waals surface area (Å²) in [6.45, 7) is 0.844. The first-order valence-corrected chi connectivity index (χ1v) is 3.70. The molecule has 1 aliphatic rings. The van der Waals surface area contributed by atoms with E-state index >= 15 is 0 Å². The zero-order valence-electron chi connectivity index (χ0n) is 6.54. The van der Waals surface area contributed by atoms with Gasteiger partial charge in [0, 0.05) is 13.2 Å². The molecule has 2 N–H and O–H groups in total. The van der Waals surface area contributed by atoms with Crippen LogP contribution in [-0.4, -0.2) is 37.4 Å². The molecule has 0 amide bonds. The summed E-state index contributed by atoms with van der Waals surface area (Å²) < 4.78 is 4.54. The normalized spacial score (nSPS) is 30.4. The van der Waals surface area contributed by atoms with E-state index in [-0.39, 0.29) is 24.5 Å². The minimum Gasteiger partial charge on any atom is -0.468 e. The molecule has 0 aromatic heterocycles. The van der Waals surface area contributed by atoms with Crippen LogP contribution in [0.3, 0.4) is 0 Å². The van der Waals surface area contributed by atoms with Crippen molar-refractivity contribution in [1.29, 1.82) is 0 Å². The summed E-state index contributed by atoms with van der Waals surface area (Å²) in [6.07, 6.45) is 0.684. The summed E-state index contributed by atoms with van der Waals surface area (Å²) in [7, 11) is 1.37. The fourth-order valence-electron chi connectivity index (χ4n) is 1.27. The fourth-order valence-corrected chi connectivity index (χ4v) is 1.27. The SMILES string of the molecule is COC(=O)[C@@H]1C[C@H](CO)CN1. The van der Waals surface area contributed by atoms with Crippen molar-refractivity contribution in [2.45, 2.75) is 12.5 Å². The molecule has 0 aliphatic carbocycles. The van der Waals surface area contributed by atoms with Crippen LogP contribution < -0.4 is 5.32 Å². The minimum absolute atomic E-state index is 0.139. The van der Waals surface area contributed by atoms with Crippen molar-refractivity contribution in [3.8, 4) is 0 Å². The number of hydrogen-bond acceptors (Lipinski definition) is 4. The number of nitrogens with one attached hydrogen (secondary N) is 1. The fraction of sp³-hybridized carbons (Fsp3) is 0.857. The van der Waals surface area contributed by atoms with Gasteiger partial charge in [-0.1, -0.05) is 0 Å². The van der Waals surface area contributed by atoms with E-state index in [0.29, 0.717) is 13.0 Å². The molecule has 1 heterocycles. The van der Waals surface area contributed by atoms with E-state index in [1.807, 2.05) is 0 Å². The Labute approximate surface area is 65.5 Å². The number of esters is 1. The second kappa shape index (κ2) is 3.69. The summed E-state index contributed by atoms with van der Waals surface area (Å²) >= 11 is 0. The van der Waals surface area contributed by atoms with E-state index in [1.165, 1.54) is 7.11 Å². The average molecular weight is 159 g/mol. The van der Waals surface area contributed by atoms with Crippen molar-refractivity contribution in [3.63, 3.8) is 0 Å². The lowest BCUT2D eigenvalue weighted by molar-refractivity contribution is -0.142. The predicted octanol–water partition coefficient (Wildman–Crippen LogP) is -0.870. The Morgan fingerprint density at radius 3 is 3.00 bits per heavy atom. The monoisotopic (exact) mass is 159 g/mol. The van der Waals surface area contributed by atoms with Gasteiger partial charge in [-0.05, 0) is 12.3 Å². The molecule has 0 aromatic rings. The lowest BCUT2D eigenvalue weighted by Crippen LogP contribution is -2.31. The van der Waals surface area contributed by atoms with Gasteiger partial charge in [0.05, 0.1) is 7.11 Å². The Morgan fingerprint density at radius 2 is 2.55 bits per heavy atom. The van der Waals surface area contributed by atoms with Crippen molar-refractivity contribution in [2.75, 3.05) is 20.3 Å². The quantitative estimate of drug-likeness (QED) is 0.514. The molecule has 0 bridgehead atoms. The number of rotatable bonds is 2. The molecule has 0 aromatic carbocycles. The second-order valence-electron chi connectivity index (χ2n) is 2.77. The van der Waals surface area contributed by atoms with Crippen LogP contribution >= 0.6 is 0 Å². The largest absolute Gasteiger partial charge is 0.468 e. The first-order chi connectivity index (χ1) is 5.27. The third kappa shape index (κ3) is 1.91. The van der Waals surface area contributed by atoms with Crippen LogP contribution in [0.25, 0.3) is 0 Å². The van der Waals surface area contributed by atoms with Crippen LogP contribution in [0.4, 0.5) is 0 Å². The van der Waals surface area contributed by atoms with Crippen molar-refractivity contribution in [3.05, 3.63) is 0 Å². The van der Waals surface area contributed by atoms with Crippen LogP contribution in [-0.2, 0) is 9.53 Å². The predicted molar refractivity (Wildman–Crippen MR) is 39.0 cm³/mol. The maximum absolute atomic E-state index is 10.9. The maximum atomic E-state index is 10.9. The molecule has 4 heteroatoms. The highest BCUT2D eigenvalue weighted by Gasteiger charge is 2.29. The number of hydrogen-bond donors (Lipinski definition) is 2. The summed E-state index contributed by atoms with van der Waals surface area (Å²) in [5.74, 6) is -0.0277. The van der Waals surface area contributed by atoms with Gasteiger partial charge < -0.3 is 15.2 Å².